The molecule has 12 nitrogen and oxygen atoms in total. The van der Waals surface area contributed by atoms with Crippen LogP contribution in [-0.4, -0.2) is 52.8 Å². The van der Waals surface area contributed by atoms with E-state index in [0.29, 0.717) is 33.9 Å². The molecule has 0 spiro atoms. The minimum absolute atomic E-state index is 0.174. The SMILES string of the molecule is CC(C)S(=O)(=O)c1ccccc1Nc1nc(Nc2cccc(NC(=O)CNC(=O)OC(C)(C)C)c2)nc2cc[nH]c12. The van der Waals surface area contributed by atoms with Gasteiger partial charge in [0.2, 0.25) is 11.9 Å². The molecule has 0 radical (unpaired) electrons. The van der Waals surface area contributed by atoms with Crippen LogP contribution < -0.4 is 21.3 Å². The summed E-state index contributed by atoms with van der Waals surface area (Å²) in [6.45, 7) is 8.21. The second kappa shape index (κ2) is 11.8. The average Bonchev–Trinajstić information content (AvgIpc) is 3.36. The zero-order valence-corrected chi connectivity index (χ0v) is 24.2. The molecular formula is C28H33N7O5S. The summed E-state index contributed by atoms with van der Waals surface area (Å²) in [5.41, 5.74) is 2.01. The molecule has 0 saturated carbocycles. The standard InChI is InChI=1S/C28H33N7O5S/c1-17(2)41(38,39)22-12-7-6-11-20(22)33-25-24-21(13-14-29-24)34-26(35-25)32-19-10-8-9-18(15-19)31-23(36)16-30-27(37)40-28(3,4)5/h6-15,17,29H,16H2,1-5H3,(H,30,37)(H,31,36)(H2,32,33,34,35). The monoisotopic (exact) mass is 579 g/mol. The Bertz CT molecular complexity index is 1680. The van der Waals surface area contributed by atoms with E-state index in [1.165, 1.54) is 0 Å². The fourth-order valence-corrected chi connectivity index (χ4v) is 4.97. The summed E-state index contributed by atoms with van der Waals surface area (Å²) < 4.78 is 31.0. The Labute approximate surface area is 238 Å². The lowest BCUT2D eigenvalue weighted by Crippen LogP contribution is -2.37. The lowest BCUT2D eigenvalue weighted by atomic mass is 10.2. The van der Waals surface area contributed by atoms with Gasteiger partial charge < -0.3 is 31.0 Å². The first-order chi connectivity index (χ1) is 19.3. The zero-order chi connectivity index (χ0) is 29.8. The van der Waals surface area contributed by atoms with E-state index in [-0.39, 0.29) is 17.4 Å². The van der Waals surface area contributed by atoms with E-state index >= 15 is 0 Å². The molecule has 5 N–H and O–H groups in total. The predicted molar refractivity (Wildman–Crippen MR) is 159 cm³/mol. The van der Waals surface area contributed by atoms with Crippen LogP contribution in [0.4, 0.5) is 33.6 Å². The normalized spacial score (nSPS) is 11.8. The smallest absolute Gasteiger partial charge is 0.408 e. The first kappa shape index (κ1) is 29.3. The van der Waals surface area contributed by atoms with Crippen LogP contribution in [0.1, 0.15) is 34.6 Å². The van der Waals surface area contributed by atoms with E-state index < -0.39 is 32.7 Å². The molecule has 0 aliphatic heterocycles. The fourth-order valence-electron chi connectivity index (χ4n) is 3.77. The van der Waals surface area contributed by atoms with Gasteiger partial charge in [0, 0.05) is 17.6 Å². The van der Waals surface area contributed by atoms with E-state index in [9.17, 15) is 18.0 Å². The van der Waals surface area contributed by atoms with Crippen molar-refractivity contribution in [2.75, 3.05) is 22.5 Å². The Morgan fingerprint density at radius 2 is 1.71 bits per heavy atom. The zero-order valence-electron chi connectivity index (χ0n) is 23.4. The highest BCUT2D eigenvalue weighted by Crippen LogP contribution is 2.30. The van der Waals surface area contributed by atoms with Crippen LogP contribution in [0.25, 0.3) is 11.0 Å². The van der Waals surface area contributed by atoms with Crippen molar-refractivity contribution in [2.24, 2.45) is 0 Å². The molecule has 0 aliphatic rings. The van der Waals surface area contributed by atoms with Gasteiger partial charge in [0.05, 0.1) is 21.3 Å². The molecule has 13 heteroatoms. The van der Waals surface area contributed by atoms with Crippen molar-refractivity contribution in [3.63, 3.8) is 0 Å². The fraction of sp³-hybridized carbons (Fsp3) is 0.286. The number of fused-ring (bicyclic) bond motifs is 1. The van der Waals surface area contributed by atoms with Crippen LogP contribution in [0, 0.1) is 0 Å². The van der Waals surface area contributed by atoms with E-state index in [1.807, 2.05) is 0 Å². The summed E-state index contributed by atoms with van der Waals surface area (Å²) in [5.74, 6) is 0.199. The third-order valence-electron chi connectivity index (χ3n) is 5.67. The third kappa shape index (κ3) is 7.51. The number of nitrogens with zero attached hydrogens (tertiary/aromatic N) is 2. The number of hydrogen-bond acceptors (Lipinski definition) is 9. The largest absolute Gasteiger partial charge is 0.444 e. The number of carbonyl (C=O) groups excluding carboxylic acids is 2. The molecule has 2 aromatic carbocycles. The van der Waals surface area contributed by atoms with Crippen molar-refractivity contribution in [3.05, 3.63) is 60.8 Å². The number of anilines is 5. The van der Waals surface area contributed by atoms with Crippen LogP contribution in [-0.2, 0) is 19.4 Å². The Balaban J connectivity index is 1.52. The molecule has 4 rings (SSSR count). The number of benzene rings is 2. The van der Waals surface area contributed by atoms with Crippen molar-refractivity contribution in [1.29, 1.82) is 0 Å². The Hall–Kier alpha value is -4.65. The van der Waals surface area contributed by atoms with Crippen LogP contribution in [0.2, 0.25) is 0 Å². The number of carbonyl (C=O) groups is 2. The van der Waals surface area contributed by atoms with Gasteiger partial charge in [-0.2, -0.15) is 4.98 Å². The molecule has 0 saturated heterocycles. The van der Waals surface area contributed by atoms with Crippen LogP contribution in [0.15, 0.2) is 65.7 Å². The maximum absolute atomic E-state index is 13.0. The number of sulfone groups is 1. The second-order valence-corrected chi connectivity index (χ2v) is 12.9. The van der Waals surface area contributed by atoms with Crippen molar-refractivity contribution in [1.82, 2.24) is 20.3 Å². The summed E-state index contributed by atoms with van der Waals surface area (Å²) >= 11 is 0. The van der Waals surface area contributed by atoms with E-state index in [4.69, 9.17) is 4.74 Å². The Morgan fingerprint density at radius 3 is 2.44 bits per heavy atom. The maximum atomic E-state index is 13.0. The highest BCUT2D eigenvalue weighted by molar-refractivity contribution is 7.92. The van der Waals surface area contributed by atoms with Crippen molar-refractivity contribution in [2.45, 2.75) is 50.4 Å². The number of aromatic amines is 1. The molecule has 41 heavy (non-hydrogen) atoms. The van der Waals surface area contributed by atoms with Crippen LogP contribution in [0.5, 0.6) is 0 Å². The minimum atomic E-state index is -3.55. The molecule has 0 aliphatic carbocycles. The van der Waals surface area contributed by atoms with Crippen LogP contribution in [0.3, 0.4) is 0 Å². The molecule has 4 aromatic rings. The highest BCUT2D eigenvalue weighted by atomic mass is 32.2. The summed E-state index contributed by atoms with van der Waals surface area (Å²) in [4.78, 5) is 36.6. The van der Waals surface area contributed by atoms with Gasteiger partial charge >= 0.3 is 6.09 Å². The number of para-hydroxylation sites is 1. The lowest BCUT2D eigenvalue weighted by molar-refractivity contribution is -0.115. The first-order valence-electron chi connectivity index (χ1n) is 12.9. The lowest BCUT2D eigenvalue weighted by Gasteiger charge is -2.19. The second-order valence-electron chi connectivity index (χ2n) is 10.5. The van der Waals surface area contributed by atoms with E-state index in [2.05, 4.69) is 36.2 Å². The van der Waals surface area contributed by atoms with Crippen LogP contribution >= 0.6 is 0 Å². The number of hydrogen-bond donors (Lipinski definition) is 5. The number of alkyl carbamates (subject to hydrolysis) is 1. The summed E-state index contributed by atoms with van der Waals surface area (Å²) in [7, 11) is -3.55. The molecule has 0 fully saturated rings. The minimum Gasteiger partial charge on any atom is -0.444 e. The summed E-state index contributed by atoms with van der Waals surface area (Å²) in [6, 6.07) is 15.3. The first-order valence-corrected chi connectivity index (χ1v) is 14.5. The van der Waals surface area contributed by atoms with Crippen molar-refractivity contribution < 1.29 is 22.7 Å². The number of rotatable bonds is 9. The van der Waals surface area contributed by atoms with E-state index in [1.54, 1.807) is 95.4 Å². The molecule has 2 amide bonds. The number of aromatic nitrogens is 3. The number of H-pyrrole nitrogens is 1. The maximum Gasteiger partial charge on any atom is 0.408 e. The van der Waals surface area contributed by atoms with Gasteiger partial charge in [-0.25, -0.2) is 18.2 Å². The van der Waals surface area contributed by atoms with Gasteiger partial charge in [0.25, 0.3) is 0 Å². The average molecular weight is 580 g/mol. The Kier molecular flexibility index (Phi) is 8.47. The topological polar surface area (TPSA) is 167 Å². The molecule has 2 aromatic heterocycles. The van der Waals surface area contributed by atoms with Gasteiger partial charge in [-0.05, 0) is 71.0 Å². The van der Waals surface area contributed by atoms with E-state index in [0.717, 1.165) is 0 Å². The quantitative estimate of drug-likeness (QED) is 0.181. The van der Waals surface area contributed by atoms with Gasteiger partial charge in [-0.15, -0.1) is 0 Å². The van der Waals surface area contributed by atoms with Gasteiger partial charge in [-0.3, -0.25) is 4.79 Å². The molecule has 2 heterocycles. The molecule has 0 bridgehead atoms. The van der Waals surface area contributed by atoms with Crippen molar-refractivity contribution in [3.8, 4) is 0 Å². The van der Waals surface area contributed by atoms with Gasteiger partial charge in [0.1, 0.15) is 17.7 Å². The van der Waals surface area contributed by atoms with Gasteiger partial charge in [0.15, 0.2) is 15.7 Å². The summed E-state index contributed by atoms with van der Waals surface area (Å²) in [5, 5.41) is 10.8. The molecule has 0 atom stereocenters. The number of ether oxygens (including phenoxy) is 1. The van der Waals surface area contributed by atoms with Crippen molar-refractivity contribution >= 4 is 61.7 Å². The molecule has 0 unspecified atom stereocenters. The predicted octanol–water partition coefficient (Wildman–Crippen LogP) is 5.09. The van der Waals surface area contributed by atoms with Gasteiger partial charge in [-0.1, -0.05) is 18.2 Å². The number of nitrogens with one attached hydrogen (secondary N) is 5. The number of amides is 2. The Morgan fingerprint density at radius 1 is 0.976 bits per heavy atom. The molecular weight excluding hydrogens is 546 g/mol. The third-order valence-corrected chi connectivity index (χ3v) is 7.88. The summed E-state index contributed by atoms with van der Waals surface area (Å²) in [6.07, 6.45) is 1.03. The highest BCUT2D eigenvalue weighted by Gasteiger charge is 2.23. The molecule has 216 valence electrons.